The van der Waals surface area contributed by atoms with Gasteiger partial charge in [-0.3, -0.25) is 4.79 Å². The highest BCUT2D eigenvalue weighted by Gasteiger charge is 2.17. The van der Waals surface area contributed by atoms with E-state index in [4.69, 9.17) is 0 Å². The molecule has 2 atom stereocenters. The summed E-state index contributed by atoms with van der Waals surface area (Å²) in [7, 11) is 0. The Morgan fingerprint density at radius 3 is 2.43 bits per heavy atom. The first kappa shape index (κ1) is 14.3. The van der Waals surface area contributed by atoms with E-state index in [0.717, 1.165) is 13.0 Å². The average Bonchev–Trinajstić information content (AvgIpc) is 2.15. The van der Waals surface area contributed by atoms with Crippen LogP contribution in [0.4, 0.5) is 0 Å². The summed E-state index contributed by atoms with van der Waals surface area (Å²) in [5, 5.41) is 3.54. The first-order chi connectivity index (χ1) is 6.49. The van der Waals surface area contributed by atoms with E-state index in [-0.39, 0.29) is 10.7 Å². The van der Waals surface area contributed by atoms with E-state index in [2.05, 4.69) is 34.4 Å². The van der Waals surface area contributed by atoms with Crippen molar-refractivity contribution >= 4 is 33.6 Å². The molecule has 0 spiro atoms. The van der Waals surface area contributed by atoms with Crippen LogP contribution < -0.4 is 5.32 Å². The summed E-state index contributed by atoms with van der Waals surface area (Å²) in [4.78, 5) is 11.4. The fraction of sp³-hybridized carbons (Fsp3) is 0.900. The summed E-state index contributed by atoms with van der Waals surface area (Å²) in [6.07, 6.45) is 3.12. The van der Waals surface area contributed by atoms with Crippen LogP contribution in [-0.2, 0) is 4.79 Å². The van der Waals surface area contributed by atoms with Gasteiger partial charge < -0.3 is 5.32 Å². The van der Waals surface area contributed by atoms with Crippen LogP contribution in [-0.4, -0.2) is 28.8 Å². The standard InChI is InChI=1S/C10H20BrNOS/c1-7(2)9(11)10(13)12-6-5-8(3)14-4/h7-9H,5-6H2,1-4H3,(H,12,13). The number of hydrogen-bond donors (Lipinski definition) is 1. The van der Waals surface area contributed by atoms with Gasteiger partial charge >= 0.3 is 0 Å². The molecule has 0 aromatic carbocycles. The third kappa shape index (κ3) is 5.91. The molecule has 0 radical (unpaired) electrons. The summed E-state index contributed by atoms with van der Waals surface area (Å²) in [6.45, 7) is 7.01. The zero-order valence-corrected chi connectivity index (χ0v) is 11.7. The molecule has 4 heteroatoms. The molecule has 0 aliphatic heterocycles. The molecule has 84 valence electrons. The summed E-state index contributed by atoms with van der Waals surface area (Å²) >= 11 is 5.20. The van der Waals surface area contributed by atoms with Gasteiger partial charge in [-0.1, -0.05) is 36.7 Å². The van der Waals surface area contributed by atoms with Crippen LogP contribution in [0.1, 0.15) is 27.2 Å². The Morgan fingerprint density at radius 1 is 1.43 bits per heavy atom. The van der Waals surface area contributed by atoms with E-state index in [1.807, 2.05) is 25.6 Å². The molecule has 1 N–H and O–H groups in total. The van der Waals surface area contributed by atoms with Crippen molar-refractivity contribution in [2.75, 3.05) is 12.8 Å². The number of halogens is 1. The predicted octanol–water partition coefficient (Wildman–Crippen LogP) is 2.66. The highest BCUT2D eigenvalue weighted by atomic mass is 79.9. The first-order valence-corrected chi connectivity index (χ1v) is 7.14. The highest BCUT2D eigenvalue weighted by molar-refractivity contribution is 9.10. The molecule has 0 saturated heterocycles. The number of thioether (sulfide) groups is 1. The van der Waals surface area contributed by atoms with Crippen LogP contribution in [0.3, 0.4) is 0 Å². The second kappa shape index (κ2) is 7.57. The number of rotatable bonds is 6. The van der Waals surface area contributed by atoms with Gasteiger partial charge in [0.1, 0.15) is 0 Å². The molecular weight excluding hydrogens is 262 g/mol. The van der Waals surface area contributed by atoms with Crippen molar-refractivity contribution in [1.29, 1.82) is 0 Å². The Balaban J connectivity index is 3.64. The predicted molar refractivity (Wildman–Crippen MR) is 68.2 cm³/mol. The topological polar surface area (TPSA) is 29.1 Å². The van der Waals surface area contributed by atoms with Crippen LogP contribution in [0.25, 0.3) is 0 Å². The van der Waals surface area contributed by atoms with Crippen molar-refractivity contribution in [3.63, 3.8) is 0 Å². The molecule has 2 unspecified atom stereocenters. The fourth-order valence-corrected chi connectivity index (χ4v) is 1.43. The number of carbonyl (C=O) groups is 1. The lowest BCUT2D eigenvalue weighted by molar-refractivity contribution is -0.121. The summed E-state index contributed by atoms with van der Waals surface area (Å²) in [5.74, 6) is 0.446. The number of amides is 1. The van der Waals surface area contributed by atoms with Crippen molar-refractivity contribution in [2.45, 2.75) is 37.3 Å². The summed E-state index contributed by atoms with van der Waals surface area (Å²) < 4.78 is 0. The Bertz CT molecular complexity index is 176. The van der Waals surface area contributed by atoms with Gasteiger partial charge in [0.05, 0.1) is 4.83 Å². The Morgan fingerprint density at radius 2 is 2.00 bits per heavy atom. The minimum atomic E-state index is -0.0629. The molecular formula is C10H20BrNOS. The van der Waals surface area contributed by atoms with Gasteiger partial charge in [0.2, 0.25) is 5.91 Å². The number of hydrogen-bond acceptors (Lipinski definition) is 2. The van der Waals surface area contributed by atoms with E-state index in [9.17, 15) is 4.79 Å². The lowest BCUT2D eigenvalue weighted by atomic mass is 10.1. The van der Waals surface area contributed by atoms with Crippen molar-refractivity contribution < 1.29 is 4.79 Å². The smallest absolute Gasteiger partial charge is 0.234 e. The molecule has 0 aromatic rings. The second-order valence-electron chi connectivity index (χ2n) is 3.77. The molecule has 0 fully saturated rings. The Labute approximate surface area is 99.7 Å². The van der Waals surface area contributed by atoms with Gasteiger partial charge in [-0.25, -0.2) is 0 Å². The molecule has 0 aliphatic carbocycles. The van der Waals surface area contributed by atoms with Crippen LogP contribution in [0.2, 0.25) is 0 Å². The highest BCUT2D eigenvalue weighted by Crippen LogP contribution is 2.12. The second-order valence-corrected chi connectivity index (χ2v) is 6.03. The third-order valence-electron chi connectivity index (χ3n) is 2.09. The van der Waals surface area contributed by atoms with Crippen molar-refractivity contribution in [3.05, 3.63) is 0 Å². The zero-order valence-electron chi connectivity index (χ0n) is 9.34. The first-order valence-electron chi connectivity index (χ1n) is 4.93. The number of carbonyl (C=O) groups excluding carboxylic acids is 1. The van der Waals surface area contributed by atoms with E-state index in [0.29, 0.717) is 11.2 Å². The largest absolute Gasteiger partial charge is 0.355 e. The Kier molecular flexibility index (Phi) is 7.74. The minimum Gasteiger partial charge on any atom is -0.355 e. The van der Waals surface area contributed by atoms with E-state index < -0.39 is 0 Å². The maximum atomic E-state index is 11.5. The van der Waals surface area contributed by atoms with Gasteiger partial charge in [-0.05, 0) is 18.6 Å². The molecule has 2 nitrogen and oxygen atoms in total. The maximum Gasteiger partial charge on any atom is 0.234 e. The summed E-state index contributed by atoms with van der Waals surface area (Å²) in [6, 6.07) is 0. The fourth-order valence-electron chi connectivity index (χ4n) is 0.917. The van der Waals surface area contributed by atoms with Crippen LogP contribution in [0, 0.1) is 5.92 Å². The summed E-state index contributed by atoms with van der Waals surface area (Å²) in [5.41, 5.74) is 0. The van der Waals surface area contributed by atoms with Crippen molar-refractivity contribution in [3.8, 4) is 0 Å². The monoisotopic (exact) mass is 281 g/mol. The molecule has 14 heavy (non-hydrogen) atoms. The van der Waals surface area contributed by atoms with Crippen molar-refractivity contribution in [1.82, 2.24) is 5.32 Å². The molecule has 0 rings (SSSR count). The quantitative estimate of drug-likeness (QED) is 0.759. The van der Waals surface area contributed by atoms with E-state index in [1.165, 1.54) is 0 Å². The van der Waals surface area contributed by atoms with Gasteiger partial charge in [0.25, 0.3) is 0 Å². The van der Waals surface area contributed by atoms with E-state index in [1.54, 1.807) is 0 Å². The van der Waals surface area contributed by atoms with Gasteiger partial charge in [0.15, 0.2) is 0 Å². The maximum absolute atomic E-state index is 11.5. The molecule has 0 aliphatic rings. The average molecular weight is 282 g/mol. The molecule has 0 heterocycles. The Hall–Kier alpha value is 0.300. The third-order valence-corrected chi connectivity index (χ3v) is 4.60. The van der Waals surface area contributed by atoms with Crippen LogP contribution in [0.5, 0.6) is 0 Å². The minimum absolute atomic E-state index is 0.0629. The van der Waals surface area contributed by atoms with Gasteiger partial charge in [0, 0.05) is 11.8 Å². The lowest BCUT2D eigenvalue weighted by Gasteiger charge is -2.14. The molecule has 1 amide bonds. The van der Waals surface area contributed by atoms with Crippen LogP contribution in [0.15, 0.2) is 0 Å². The van der Waals surface area contributed by atoms with Gasteiger partial charge in [-0.15, -0.1) is 0 Å². The number of nitrogens with one attached hydrogen (secondary N) is 1. The molecule has 0 saturated carbocycles. The molecule has 0 bridgehead atoms. The zero-order chi connectivity index (χ0) is 11.1. The van der Waals surface area contributed by atoms with Crippen molar-refractivity contribution in [2.24, 2.45) is 5.92 Å². The van der Waals surface area contributed by atoms with Crippen LogP contribution >= 0.6 is 27.7 Å². The normalized spacial score (nSPS) is 15.3. The SMILES string of the molecule is CSC(C)CCNC(=O)C(Br)C(C)C. The lowest BCUT2D eigenvalue weighted by Crippen LogP contribution is -2.35. The molecule has 0 aromatic heterocycles. The van der Waals surface area contributed by atoms with Gasteiger partial charge in [-0.2, -0.15) is 11.8 Å². The number of alkyl halides is 1. The van der Waals surface area contributed by atoms with E-state index >= 15 is 0 Å².